The molecule has 4 aromatic rings. The summed E-state index contributed by atoms with van der Waals surface area (Å²) in [5.41, 5.74) is 1.98. The Morgan fingerprint density at radius 1 is 1.07 bits per heavy atom. The molecule has 1 amide bonds. The second-order valence-electron chi connectivity index (χ2n) is 7.42. The third-order valence-electron chi connectivity index (χ3n) is 5.45. The number of rotatable bonds is 5. The van der Waals surface area contributed by atoms with Gasteiger partial charge in [0.25, 0.3) is 0 Å². The van der Waals surface area contributed by atoms with Crippen molar-refractivity contribution in [3.63, 3.8) is 0 Å². The summed E-state index contributed by atoms with van der Waals surface area (Å²) in [5.74, 6) is 0.0657. The maximum atomic E-state index is 13.5. The fourth-order valence-electron chi connectivity index (χ4n) is 3.96. The summed E-state index contributed by atoms with van der Waals surface area (Å²) in [4.78, 5) is 20.0. The van der Waals surface area contributed by atoms with Crippen LogP contribution in [-0.2, 0) is 16.0 Å². The van der Waals surface area contributed by atoms with Gasteiger partial charge in [0, 0.05) is 6.61 Å². The first-order valence-corrected chi connectivity index (χ1v) is 10.8. The van der Waals surface area contributed by atoms with E-state index in [-0.39, 0.29) is 12.0 Å². The highest BCUT2D eigenvalue weighted by Gasteiger charge is 2.26. The highest BCUT2D eigenvalue weighted by atomic mass is 32.1. The predicted octanol–water partition coefficient (Wildman–Crippen LogP) is 5.20. The molecule has 5 rings (SSSR count). The van der Waals surface area contributed by atoms with E-state index >= 15 is 0 Å². The van der Waals surface area contributed by atoms with Gasteiger partial charge in [-0.3, -0.25) is 9.69 Å². The zero-order valence-electron chi connectivity index (χ0n) is 16.1. The maximum absolute atomic E-state index is 13.5. The van der Waals surface area contributed by atoms with Crippen molar-refractivity contribution in [2.45, 2.75) is 25.4 Å². The number of para-hydroxylation sites is 1. The molecule has 5 heteroatoms. The Bertz CT molecular complexity index is 1130. The second-order valence-corrected chi connectivity index (χ2v) is 8.43. The van der Waals surface area contributed by atoms with Crippen LogP contribution in [0.25, 0.3) is 21.0 Å². The van der Waals surface area contributed by atoms with Gasteiger partial charge in [-0.2, -0.15) is 0 Å². The van der Waals surface area contributed by atoms with Gasteiger partial charge in [0.2, 0.25) is 5.91 Å². The number of anilines is 1. The molecule has 0 N–H and O–H groups in total. The number of carbonyl (C=O) groups excluding carboxylic acids is 1. The summed E-state index contributed by atoms with van der Waals surface area (Å²) in [7, 11) is 0. The van der Waals surface area contributed by atoms with Gasteiger partial charge in [0.05, 0.1) is 29.3 Å². The molecule has 146 valence electrons. The number of hydrogen-bond acceptors (Lipinski definition) is 4. The Balaban J connectivity index is 1.48. The molecule has 1 unspecified atom stereocenters. The molecule has 4 nitrogen and oxygen atoms in total. The van der Waals surface area contributed by atoms with Gasteiger partial charge in [-0.05, 0) is 41.3 Å². The lowest BCUT2D eigenvalue weighted by molar-refractivity contribution is -0.118. The molecule has 3 aromatic carbocycles. The number of fused-ring (bicyclic) bond motifs is 2. The minimum Gasteiger partial charge on any atom is -0.376 e. The molecule has 1 aliphatic heterocycles. The van der Waals surface area contributed by atoms with Gasteiger partial charge in [-0.15, -0.1) is 0 Å². The molecule has 0 radical (unpaired) electrons. The van der Waals surface area contributed by atoms with Crippen LogP contribution in [0.5, 0.6) is 0 Å². The zero-order valence-corrected chi connectivity index (χ0v) is 16.9. The molecule has 1 atom stereocenters. The molecule has 2 heterocycles. The van der Waals surface area contributed by atoms with Crippen LogP contribution in [0.1, 0.15) is 18.4 Å². The van der Waals surface area contributed by atoms with Gasteiger partial charge in [-0.1, -0.05) is 65.9 Å². The van der Waals surface area contributed by atoms with Crippen LogP contribution in [-0.4, -0.2) is 30.1 Å². The predicted molar refractivity (Wildman–Crippen MR) is 119 cm³/mol. The maximum Gasteiger partial charge on any atom is 0.233 e. The molecular weight excluding hydrogens is 380 g/mol. The first-order valence-electron chi connectivity index (χ1n) is 10.0. The zero-order chi connectivity index (χ0) is 19.6. The van der Waals surface area contributed by atoms with E-state index < -0.39 is 0 Å². The molecule has 0 saturated carbocycles. The van der Waals surface area contributed by atoms with E-state index in [9.17, 15) is 4.79 Å². The largest absolute Gasteiger partial charge is 0.376 e. The molecule has 1 aliphatic rings. The van der Waals surface area contributed by atoms with E-state index in [1.807, 2.05) is 47.4 Å². The highest BCUT2D eigenvalue weighted by Crippen LogP contribution is 2.30. The number of hydrogen-bond donors (Lipinski definition) is 0. The van der Waals surface area contributed by atoms with Crippen molar-refractivity contribution in [2.24, 2.45) is 0 Å². The van der Waals surface area contributed by atoms with Crippen LogP contribution >= 0.6 is 11.3 Å². The van der Waals surface area contributed by atoms with Crippen LogP contribution in [0.4, 0.5) is 5.13 Å². The van der Waals surface area contributed by atoms with E-state index in [0.717, 1.165) is 51.1 Å². The van der Waals surface area contributed by atoms with Gasteiger partial charge in [0.15, 0.2) is 5.13 Å². The van der Waals surface area contributed by atoms with Crippen molar-refractivity contribution < 1.29 is 9.53 Å². The van der Waals surface area contributed by atoms with Crippen molar-refractivity contribution in [3.8, 4) is 0 Å². The molecule has 29 heavy (non-hydrogen) atoms. The third kappa shape index (κ3) is 3.76. The Hall–Kier alpha value is -2.76. The Morgan fingerprint density at radius 2 is 1.90 bits per heavy atom. The van der Waals surface area contributed by atoms with Crippen LogP contribution in [0.3, 0.4) is 0 Å². The fraction of sp³-hybridized carbons (Fsp3) is 0.250. The van der Waals surface area contributed by atoms with Crippen molar-refractivity contribution >= 4 is 43.4 Å². The first kappa shape index (κ1) is 18.3. The van der Waals surface area contributed by atoms with E-state index in [1.165, 1.54) is 0 Å². The summed E-state index contributed by atoms with van der Waals surface area (Å²) in [6.45, 7) is 1.33. The number of benzene rings is 3. The summed E-state index contributed by atoms with van der Waals surface area (Å²) < 4.78 is 6.93. The fourth-order valence-corrected chi connectivity index (χ4v) is 4.95. The van der Waals surface area contributed by atoms with Gasteiger partial charge < -0.3 is 4.74 Å². The Labute approximate surface area is 173 Å². The molecule has 0 bridgehead atoms. The molecular formula is C24H22N2O2S. The van der Waals surface area contributed by atoms with E-state index in [4.69, 9.17) is 9.72 Å². The van der Waals surface area contributed by atoms with E-state index in [0.29, 0.717) is 13.0 Å². The number of carbonyl (C=O) groups is 1. The van der Waals surface area contributed by atoms with Gasteiger partial charge in [0.1, 0.15) is 0 Å². The number of thiazole rings is 1. The minimum atomic E-state index is 0.0657. The highest BCUT2D eigenvalue weighted by molar-refractivity contribution is 7.22. The third-order valence-corrected chi connectivity index (χ3v) is 6.51. The van der Waals surface area contributed by atoms with Crippen molar-refractivity contribution in [1.82, 2.24) is 4.98 Å². The standard InChI is InChI=1S/C24H22N2O2S/c27-23(15-18-9-5-8-17-7-1-2-11-20(17)18)26(16-19-10-6-14-28-19)24-25-21-12-3-4-13-22(21)29-24/h1-5,7-9,11-13,19H,6,10,14-16H2. The van der Waals surface area contributed by atoms with Crippen LogP contribution < -0.4 is 4.90 Å². The second kappa shape index (κ2) is 7.93. The summed E-state index contributed by atoms with van der Waals surface area (Å²) in [5, 5.41) is 3.04. The molecule has 1 aromatic heterocycles. The van der Waals surface area contributed by atoms with Crippen LogP contribution in [0.15, 0.2) is 66.7 Å². The summed E-state index contributed by atoms with van der Waals surface area (Å²) in [6, 6.07) is 22.4. The normalized spacial score (nSPS) is 16.5. The molecule has 1 saturated heterocycles. The van der Waals surface area contributed by atoms with E-state index in [2.05, 4.69) is 24.3 Å². The van der Waals surface area contributed by atoms with Crippen molar-refractivity contribution in [3.05, 3.63) is 72.3 Å². The van der Waals surface area contributed by atoms with Gasteiger partial charge >= 0.3 is 0 Å². The lowest BCUT2D eigenvalue weighted by Gasteiger charge is -2.23. The van der Waals surface area contributed by atoms with Gasteiger partial charge in [-0.25, -0.2) is 4.98 Å². The number of aromatic nitrogens is 1. The lowest BCUT2D eigenvalue weighted by atomic mass is 10.0. The number of nitrogens with zero attached hydrogens (tertiary/aromatic N) is 2. The SMILES string of the molecule is O=C(Cc1cccc2ccccc12)N(CC1CCCO1)c1nc2ccccc2s1. The quantitative estimate of drug-likeness (QED) is 0.460. The molecule has 1 fully saturated rings. The Kier molecular flexibility index (Phi) is 5.00. The monoisotopic (exact) mass is 402 g/mol. The smallest absolute Gasteiger partial charge is 0.233 e. The topological polar surface area (TPSA) is 42.4 Å². The van der Waals surface area contributed by atoms with Crippen LogP contribution in [0.2, 0.25) is 0 Å². The Morgan fingerprint density at radius 3 is 2.76 bits per heavy atom. The average molecular weight is 403 g/mol. The molecule has 0 spiro atoms. The first-order chi connectivity index (χ1) is 14.3. The summed E-state index contributed by atoms with van der Waals surface area (Å²) in [6.07, 6.45) is 2.47. The van der Waals surface area contributed by atoms with Crippen molar-refractivity contribution in [2.75, 3.05) is 18.1 Å². The summed E-state index contributed by atoms with van der Waals surface area (Å²) >= 11 is 1.57. The minimum absolute atomic E-state index is 0.0657. The number of ether oxygens (including phenoxy) is 1. The lowest BCUT2D eigenvalue weighted by Crippen LogP contribution is -2.38. The number of amides is 1. The van der Waals surface area contributed by atoms with E-state index in [1.54, 1.807) is 11.3 Å². The molecule has 0 aliphatic carbocycles. The van der Waals surface area contributed by atoms with Crippen molar-refractivity contribution in [1.29, 1.82) is 0 Å². The average Bonchev–Trinajstić information content (AvgIpc) is 3.41. The van der Waals surface area contributed by atoms with Crippen LogP contribution in [0, 0.1) is 0 Å².